The predicted octanol–water partition coefficient (Wildman–Crippen LogP) is 6.59. The molecule has 0 aromatic heterocycles. The first-order valence-electron chi connectivity index (χ1n) is 21.1. The van der Waals surface area contributed by atoms with E-state index in [1.807, 2.05) is 20.8 Å². The van der Waals surface area contributed by atoms with E-state index in [1.54, 1.807) is 34.6 Å². The molecule has 4 unspecified atom stereocenters. The van der Waals surface area contributed by atoms with Crippen LogP contribution in [-0.4, -0.2) is 124 Å². The summed E-state index contributed by atoms with van der Waals surface area (Å²) in [5.41, 5.74) is -0.958. The second kappa shape index (κ2) is 36.4. The summed E-state index contributed by atoms with van der Waals surface area (Å²) in [5, 5.41) is 7.79. The first-order valence-corrected chi connectivity index (χ1v) is 23.1. The summed E-state index contributed by atoms with van der Waals surface area (Å²) in [7, 11) is -4.32. The number of halogens is 1. The number of esters is 3. The molecule has 0 aromatic carbocycles. The molecule has 370 valence electrons. The van der Waals surface area contributed by atoms with Crippen LogP contribution in [0.2, 0.25) is 0 Å². The highest BCUT2D eigenvalue weighted by atomic mass is 35.5. The number of hydrogen-bond donors (Lipinski definition) is 3. The van der Waals surface area contributed by atoms with E-state index in [9.17, 15) is 41.7 Å². The average molecular weight is 946 g/mol. The van der Waals surface area contributed by atoms with E-state index in [4.69, 9.17) is 40.0 Å². The maximum atomic E-state index is 11.8. The van der Waals surface area contributed by atoms with Gasteiger partial charge in [-0.25, -0.2) is 27.6 Å². The summed E-state index contributed by atoms with van der Waals surface area (Å²) in [4.78, 5) is 68.1. The zero-order chi connectivity index (χ0) is 50.0. The van der Waals surface area contributed by atoms with Gasteiger partial charge in [-0.05, 0) is 80.6 Å². The van der Waals surface area contributed by atoms with Crippen molar-refractivity contribution in [2.24, 2.45) is 17.3 Å². The van der Waals surface area contributed by atoms with E-state index in [-0.39, 0.29) is 62.9 Å². The van der Waals surface area contributed by atoms with Gasteiger partial charge in [-0.1, -0.05) is 61.1 Å². The van der Waals surface area contributed by atoms with Gasteiger partial charge in [0.1, 0.15) is 32.5 Å². The lowest BCUT2D eigenvalue weighted by Crippen LogP contribution is -2.49. The minimum absolute atomic E-state index is 0.0136. The van der Waals surface area contributed by atoms with Crippen molar-refractivity contribution >= 4 is 57.7 Å². The molecule has 0 aliphatic heterocycles. The number of amides is 3. The Labute approximate surface area is 382 Å². The topological polar surface area (TPSA) is 251 Å². The Morgan fingerprint density at radius 1 is 0.698 bits per heavy atom. The van der Waals surface area contributed by atoms with E-state index in [0.29, 0.717) is 42.9 Å². The molecule has 18 nitrogen and oxygen atoms in total. The molecule has 0 aliphatic rings. The lowest BCUT2D eigenvalue weighted by atomic mass is 9.91. The van der Waals surface area contributed by atoms with Crippen molar-refractivity contribution in [1.82, 2.24) is 16.0 Å². The molecule has 20 heteroatoms. The Bertz CT molecular complexity index is 1490. The molecule has 0 bridgehead atoms. The van der Waals surface area contributed by atoms with E-state index < -0.39 is 57.1 Å². The Morgan fingerprint density at radius 2 is 1.17 bits per heavy atom. The molecule has 0 fully saturated rings. The van der Waals surface area contributed by atoms with Gasteiger partial charge < -0.3 is 48.9 Å². The number of alkyl halides is 1. The Hall–Kier alpha value is -3.94. The molecule has 0 rings (SSSR count). The fourth-order valence-electron chi connectivity index (χ4n) is 3.40. The van der Waals surface area contributed by atoms with Crippen LogP contribution in [0.5, 0.6) is 0 Å². The predicted molar refractivity (Wildman–Crippen MR) is 242 cm³/mol. The van der Waals surface area contributed by atoms with Crippen LogP contribution in [0.25, 0.3) is 0 Å². The third kappa shape index (κ3) is 43.1. The van der Waals surface area contributed by atoms with E-state index in [2.05, 4.69) is 49.9 Å². The summed E-state index contributed by atoms with van der Waals surface area (Å²) in [5.74, 6) is -1.82. The Balaban J connectivity index is -0.000000399. The van der Waals surface area contributed by atoms with E-state index >= 15 is 0 Å². The lowest BCUT2D eigenvalue weighted by Gasteiger charge is -2.28. The van der Waals surface area contributed by atoms with Gasteiger partial charge in [0, 0.05) is 34.6 Å². The molecule has 0 radical (unpaired) electrons. The van der Waals surface area contributed by atoms with Crippen molar-refractivity contribution in [3.63, 3.8) is 0 Å². The van der Waals surface area contributed by atoms with Crippen LogP contribution in [0, 0.1) is 17.3 Å². The third-order valence-electron chi connectivity index (χ3n) is 8.28. The highest BCUT2D eigenvalue weighted by Gasteiger charge is 2.28. The lowest BCUT2D eigenvalue weighted by molar-refractivity contribution is -0.156. The molecule has 0 aliphatic carbocycles. The van der Waals surface area contributed by atoms with E-state index in [1.165, 1.54) is 20.8 Å². The van der Waals surface area contributed by atoms with Crippen LogP contribution in [0.1, 0.15) is 123 Å². The van der Waals surface area contributed by atoms with Gasteiger partial charge in [0.15, 0.2) is 0 Å². The molecule has 0 aromatic rings. The van der Waals surface area contributed by atoms with Crippen LogP contribution in [0.3, 0.4) is 0 Å². The monoisotopic (exact) mass is 944 g/mol. The van der Waals surface area contributed by atoms with Crippen LogP contribution in [0.15, 0.2) is 24.3 Å². The van der Waals surface area contributed by atoms with Crippen molar-refractivity contribution in [3.05, 3.63) is 24.3 Å². The highest BCUT2D eigenvalue weighted by Crippen LogP contribution is 2.21. The number of hydrogen-bond acceptors (Lipinski definition) is 15. The standard InChI is InChI=1S/C16H27NO6.C14H25NO5.C9H19NO4S.C4H9Cl/c1-7-16(5,6)14(19)22-10-12(4)23-15(20)17-8-9-21-13(18)11(2)3;1-5-12(4)10-18-8-9-20-14(17)15-6-7-19-13(16)11(2)3;1-5-7(2)8(11)10-9(3,4)6-15(12,13)14;1-3-4(2)5/h12H,2,7-10H2,1,3-6H3,(H,17,20);12H,2,5-10H2,1,3-4H3,(H,15,17);7H,5-6H2,1-4H3,(H,10,11)(H,12,13,14);4H,3H2,1-2H3/p-1. The van der Waals surface area contributed by atoms with Gasteiger partial charge in [-0.15, -0.1) is 11.6 Å². The first-order chi connectivity index (χ1) is 28.9. The van der Waals surface area contributed by atoms with Crippen LogP contribution < -0.4 is 16.0 Å². The van der Waals surface area contributed by atoms with Crippen molar-refractivity contribution in [2.45, 2.75) is 140 Å². The van der Waals surface area contributed by atoms with Crippen molar-refractivity contribution in [1.29, 1.82) is 0 Å². The van der Waals surface area contributed by atoms with Gasteiger partial charge >= 0.3 is 30.1 Å². The molecular formula is C43H79ClN3O15S-. The van der Waals surface area contributed by atoms with Crippen LogP contribution >= 0.6 is 11.6 Å². The van der Waals surface area contributed by atoms with Gasteiger partial charge in [-0.2, -0.15) is 0 Å². The largest absolute Gasteiger partial charge is 0.748 e. The maximum Gasteiger partial charge on any atom is 0.407 e. The molecular weight excluding hydrogens is 866 g/mol. The van der Waals surface area contributed by atoms with Crippen molar-refractivity contribution < 1.29 is 70.2 Å². The number of ether oxygens (including phenoxy) is 6. The highest BCUT2D eigenvalue weighted by molar-refractivity contribution is 7.85. The average Bonchev–Trinajstić information content (AvgIpc) is 3.18. The first kappa shape index (κ1) is 65.7. The molecule has 0 heterocycles. The summed E-state index contributed by atoms with van der Waals surface area (Å²) in [6.45, 7) is 33.6. The summed E-state index contributed by atoms with van der Waals surface area (Å²) in [6.07, 6.45) is 1.66. The number of nitrogens with one attached hydrogen (secondary N) is 3. The number of rotatable bonds is 25. The second-order valence-electron chi connectivity index (χ2n) is 16.0. The molecule has 3 amide bonds. The van der Waals surface area contributed by atoms with Gasteiger partial charge in [0.05, 0.1) is 41.0 Å². The van der Waals surface area contributed by atoms with E-state index in [0.717, 1.165) is 12.8 Å². The zero-order valence-corrected chi connectivity index (χ0v) is 41.9. The number of alkyl carbamates (subject to hydrolysis) is 2. The summed E-state index contributed by atoms with van der Waals surface area (Å²) >= 11 is 5.46. The van der Waals surface area contributed by atoms with Gasteiger partial charge in [0.2, 0.25) is 5.91 Å². The smallest absolute Gasteiger partial charge is 0.407 e. The number of carbonyl (C=O) groups is 6. The normalized spacial score (nSPS) is 12.8. The van der Waals surface area contributed by atoms with Gasteiger partial charge in [-0.3, -0.25) is 9.59 Å². The van der Waals surface area contributed by atoms with Crippen LogP contribution in [0.4, 0.5) is 9.59 Å². The quantitative estimate of drug-likeness (QED) is 0.0218. The Morgan fingerprint density at radius 3 is 1.57 bits per heavy atom. The second-order valence-corrected chi connectivity index (χ2v) is 18.2. The fraction of sp³-hybridized carbons (Fsp3) is 0.767. The fourth-order valence-corrected chi connectivity index (χ4v) is 4.35. The van der Waals surface area contributed by atoms with Crippen molar-refractivity contribution in [2.75, 3.05) is 58.5 Å². The minimum Gasteiger partial charge on any atom is -0.748 e. The molecule has 3 N–H and O–H groups in total. The Kier molecular flexibility index (Phi) is 37.9. The van der Waals surface area contributed by atoms with Crippen LogP contribution in [-0.2, 0) is 57.7 Å². The maximum absolute atomic E-state index is 11.8. The molecule has 4 atom stereocenters. The van der Waals surface area contributed by atoms with Gasteiger partial charge in [0.25, 0.3) is 0 Å². The number of carbonyl (C=O) groups excluding carboxylic acids is 6. The minimum atomic E-state index is -4.32. The summed E-state index contributed by atoms with van der Waals surface area (Å²) < 4.78 is 61.6. The molecule has 0 saturated carbocycles. The molecule has 0 spiro atoms. The molecule has 0 saturated heterocycles. The van der Waals surface area contributed by atoms with Crippen molar-refractivity contribution in [3.8, 4) is 0 Å². The zero-order valence-electron chi connectivity index (χ0n) is 40.3. The molecule has 63 heavy (non-hydrogen) atoms. The SMILES string of the molecule is C=C(C)C(=O)OCCNC(=O)OC(C)COC(=O)C(C)(C)CC.C=C(C)C(=O)OCCNC(=O)OCCOCC(C)CC.CCC(C)C(=O)NC(C)(C)CS(=O)(=O)[O-].CCC(C)Cl. The third-order valence-corrected chi connectivity index (χ3v) is 9.67. The summed E-state index contributed by atoms with van der Waals surface area (Å²) in [6, 6.07) is 0.